The van der Waals surface area contributed by atoms with Gasteiger partial charge in [-0.25, -0.2) is 8.42 Å². The molecule has 0 aliphatic carbocycles. The van der Waals surface area contributed by atoms with E-state index in [1.807, 2.05) is 0 Å². The fraction of sp³-hybridized carbons (Fsp3) is 0.462. The molecular weight excluding hydrogens is 310 g/mol. The molecule has 0 unspecified atom stereocenters. The van der Waals surface area contributed by atoms with Crippen LogP contribution in [-0.2, 0) is 14.6 Å². The van der Waals surface area contributed by atoms with Crippen molar-refractivity contribution in [2.75, 3.05) is 42.3 Å². The molecule has 2 rings (SSSR count). The minimum atomic E-state index is -3.27. The van der Waals surface area contributed by atoms with Crippen molar-refractivity contribution in [3.05, 3.63) is 18.2 Å². The summed E-state index contributed by atoms with van der Waals surface area (Å²) < 4.78 is 29.3. The fourth-order valence-electron chi connectivity index (χ4n) is 2.19. The van der Waals surface area contributed by atoms with Gasteiger partial charge in [-0.2, -0.15) is 0 Å². The lowest BCUT2D eigenvalue weighted by atomic mass is 10.2. The van der Waals surface area contributed by atoms with Crippen molar-refractivity contribution in [3.63, 3.8) is 0 Å². The van der Waals surface area contributed by atoms with Crippen LogP contribution >= 0.6 is 12.2 Å². The second-order valence-corrected chi connectivity index (χ2v) is 7.39. The largest absolute Gasteiger partial charge is 0.378 e. The molecule has 1 aromatic carbocycles. The monoisotopic (exact) mass is 329 g/mol. The second kappa shape index (κ2) is 6.59. The molecule has 1 saturated heterocycles. The smallest absolute Gasteiger partial charge is 0.178 e. The van der Waals surface area contributed by atoms with Crippen LogP contribution in [0.15, 0.2) is 23.1 Å². The van der Waals surface area contributed by atoms with Crippen LogP contribution in [0, 0.1) is 0 Å². The molecule has 6 nitrogen and oxygen atoms in total. The first-order chi connectivity index (χ1) is 9.94. The maximum atomic E-state index is 12.0. The minimum Gasteiger partial charge on any atom is -0.378 e. The Morgan fingerprint density at radius 3 is 2.67 bits per heavy atom. The molecule has 0 atom stereocenters. The summed E-state index contributed by atoms with van der Waals surface area (Å²) in [6, 6.07) is 4.99. The van der Waals surface area contributed by atoms with Crippen molar-refractivity contribution in [2.45, 2.75) is 11.8 Å². The van der Waals surface area contributed by atoms with Gasteiger partial charge in [0.15, 0.2) is 14.9 Å². The molecule has 0 radical (unpaired) electrons. The third-order valence-corrected chi connectivity index (χ3v) is 5.15. The first kappa shape index (κ1) is 16.0. The molecule has 0 aromatic heterocycles. The lowest BCUT2D eigenvalue weighted by molar-refractivity contribution is 0.123. The Kier molecular flexibility index (Phi) is 5.02. The van der Waals surface area contributed by atoms with Gasteiger partial charge < -0.3 is 20.7 Å². The van der Waals surface area contributed by atoms with Gasteiger partial charge in [0, 0.05) is 13.1 Å². The van der Waals surface area contributed by atoms with E-state index in [1.165, 1.54) is 0 Å². The summed E-state index contributed by atoms with van der Waals surface area (Å²) in [5.74, 6) is 0.0520. The van der Waals surface area contributed by atoms with E-state index in [1.54, 1.807) is 25.1 Å². The van der Waals surface area contributed by atoms with Gasteiger partial charge in [0.1, 0.15) is 0 Å². The first-order valence-electron chi connectivity index (χ1n) is 6.70. The van der Waals surface area contributed by atoms with E-state index in [0.29, 0.717) is 18.9 Å². The van der Waals surface area contributed by atoms with Crippen LogP contribution in [0.3, 0.4) is 0 Å². The van der Waals surface area contributed by atoms with E-state index < -0.39 is 9.84 Å². The topological polar surface area (TPSA) is 84.7 Å². The number of morpholine rings is 1. The maximum absolute atomic E-state index is 12.0. The molecule has 0 saturated carbocycles. The number of nitrogens with zero attached hydrogens (tertiary/aromatic N) is 1. The Bertz CT molecular complexity index is 626. The number of nitrogens with one attached hydrogen (secondary N) is 1. The summed E-state index contributed by atoms with van der Waals surface area (Å²) in [5, 5.41) is 2.98. The van der Waals surface area contributed by atoms with E-state index in [0.717, 1.165) is 18.8 Å². The van der Waals surface area contributed by atoms with Gasteiger partial charge in [0.25, 0.3) is 0 Å². The predicted molar refractivity (Wildman–Crippen MR) is 87.6 cm³/mol. The highest BCUT2D eigenvalue weighted by molar-refractivity contribution is 7.91. The molecule has 0 bridgehead atoms. The number of thiocarbonyl (C=S) groups is 1. The third kappa shape index (κ3) is 3.84. The normalized spacial score (nSPS) is 15.8. The van der Waals surface area contributed by atoms with Crippen molar-refractivity contribution in [1.29, 1.82) is 0 Å². The summed E-state index contributed by atoms with van der Waals surface area (Å²) in [6.07, 6.45) is 0. The zero-order valence-electron chi connectivity index (χ0n) is 11.8. The molecule has 1 aliphatic rings. The number of anilines is 2. The van der Waals surface area contributed by atoms with Crippen LogP contribution in [0.25, 0.3) is 0 Å². The van der Waals surface area contributed by atoms with E-state index in [4.69, 9.17) is 22.7 Å². The van der Waals surface area contributed by atoms with Gasteiger partial charge in [-0.15, -0.1) is 0 Å². The fourth-order valence-corrected chi connectivity index (χ4v) is 3.20. The third-order valence-electron chi connectivity index (χ3n) is 3.32. The van der Waals surface area contributed by atoms with Crippen LogP contribution in [0.1, 0.15) is 6.92 Å². The number of benzene rings is 1. The Labute approximate surface area is 130 Å². The quantitative estimate of drug-likeness (QED) is 0.796. The minimum absolute atomic E-state index is 0.0520. The average Bonchev–Trinajstić information content (AvgIpc) is 2.47. The Balaban J connectivity index is 2.42. The van der Waals surface area contributed by atoms with E-state index in [9.17, 15) is 8.42 Å². The Morgan fingerprint density at radius 2 is 2.10 bits per heavy atom. The summed E-state index contributed by atoms with van der Waals surface area (Å²) in [4.78, 5) is 2.38. The highest BCUT2D eigenvalue weighted by Crippen LogP contribution is 2.30. The number of sulfone groups is 1. The van der Waals surface area contributed by atoms with Gasteiger partial charge in [-0.1, -0.05) is 6.92 Å². The lowest BCUT2D eigenvalue weighted by Crippen LogP contribution is -2.37. The van der Waals surface area contributed by atoms with Crippen LogP contribution in [0.5, 0.6) is 0 Å². The SMILES string of the molecule is CCS(=O)(=O)c1ccc(N2CCOCC2)c(NC(N)=S)c1. The molecule has 0 amide bonds. The molecule has 1 heterocycles. The van der Waals surface area contributed by atoms with Crippen molar-refractivity contribution >= 4 is 38.5 Å². The lowest BCUT2D eigenvalue weighted by Gasteiger charge is -2.30. The van der Waals surface area contributed by atoms with Crippen molar-refractivity contribution in [2.24, 2.45) is 5.73 Å². The molecule has 21 heavy (non-hydrogen) atoms. The summed E-state index contributed by atoms with van der Waals surface area (Å²) in [7, 11) is -3.27. The Morgan fingerprint density at radius 1 is 1.43 bits per heavy atom. The molecular formula is C13H19N3O3S2. The van der Waals surface area contributed by atoms with Crippen LogP contribution < -0.4 is 16.0 Å². The molecule has 1 fully saturated rings. The average molecular weight is 329 g/mol. The number of rotatable bonds is 4. The van der Waals surface area contributed by atoms with E-state index in [-0.39, 0.29) is 15.8 Å². The standard InChI is InChI=1S/C13H19N3O3S2/c1-2-21(17,18)10-3-4-12(11(9-10)15-13(14)20)16-5-7-19-8-6-16/h3-4,9H,2,5-8H2,1H3,(H3,14,15,20). The highest BCUT2D eigenvalue weighted by Gasteiger charge is 2.19. The zero-order chi connectivity index (χ0) is 15.5. The maximum Gasteiger partial charge on any atom is 0.178 e. The highest BCUT2D eigenvalue weighted by atomic mass is 32.2. The molecule has 1 aliphatic heterocycles. The number of ether oxygens (including phenoxy) is 1. The first-order valence-corrected chi connectivity index (χ1v) is 8.76. The molecule has 0 spiro atoms. The van der Waals surface area contributed by atoms with E-state index >= 15 is 0 Å². The van der Waals surface area contributed by atoms with Crippen LogP contribution in [-0.4, -0.2) is 45.6 Å². The Hall–Kier alpha value is -1.38. The summed E-state index contributed by atoms with van der Waals surface area (Å²) in [5.41, 5.74) is 7.03. The number of hydrogen-bond acceptors (Lipinski definition) is 5. The van der Waals surface area contributed by atoms with Gasteiger partial charge in [0.05, 0.1) is 35.2 Å². The van der Waals surface area contributed by atoms with Gasteiger partial charge in [0.2, 0.25) is 0 Å². The van der Waals surface area contributed by atoms with Gasteiger partial charge in [-0.05, 0) is 30.4 Å². The van der Waals surface area contributed by atoms with Crippen molar-refractivity contribution in [3.8, 4) is 0 Å². The van der Waals surface area contributed by atoms with Gasteiger partial charge in [-0.3, -0.25) is 0 Å². The van der Waals surface area contributed by atoms with Crippen molar-refractivity contribution in [1.82, 2.24) is 0 Å². The zero-order valence-corrected chi connectivity index (χ0v) is 13.5. The number of nitrogens with two attached hydrogens (primary N) is 1. The molecule has 8 heteroatoms. The summed E-state index contributed by atoms with van der Waals surface area (Å²) >= 11 is 4.88. The number of hydrogen-bond donors (Lipinski definition) is 2. The van der Waals surface area contributed by atoms with Crippen LogP contribution in [0.4, 0.5) is 11.4 Å². The predicted octanol–water partition coefficient (Wildman–Crippen LogP) is 0.972. The second-order valence-electron chi connectivity index (χ2n) is 4.67. The van der Waals surface area contributed by atoms with Crippen molar-refractivity contribution < 1.29 is 13.2 Å². The molecule has 116 valence electrons. The molecule has 3 N–H and O–H groups in total. The van der Waals surface area contributed by atoms with Gasteiger partial charge >= 0.3 is 0 Å². The summed E-state index contributed by atoms with van der Waals surface area (Å²) in [6.45, 7) is 4.38. The van der Waals surface area contributed by atoms with Crippen LogP contribution in [0.2, 0.25) is 0 Å². The molecule has 1 aromatic rings. The van der Waals surface area contributed by atoms with E-state index in [2.05, 4.69) is 10.2 Å².